The van der Waals surface area contributed by atoms with Crippen molar-refractivity contribution in [1.29, 1.82) is 0 Å². The zero-order chi connectivity index (χ0) is 6.97. The molecule has 0 radical (unpaired) electrons. The summed E-state index contributed by atoms with van der Waals surface area (Å²) >= 11 is 0. The second-order valence-corrected chi connectivity index (χ2v) is 3.45. The summed E-state index contributed by atoms with van der Waals surface area (Å²) in [6, 6.07) is 0. The number of ether oxygens (including phenoxy) is 1. The molecule has 1 aliphatic heterocycles. The van der Waals surface area contributed by atoms with Crippen LogP contribution in [0.15, 0.2) is 0 Å². The second kappa shape index (κ2) is 2.51. The van der Waals surface area contributed by atoms with Gasteiger partial charge in [0.1, 0.15) is 0 Å². The summed E-state index contributed by atoms with van der Waals surface area (Å²) in [6.07, 6.45) is 4.44. The fourth-order valence-corrected chi connectivity index (χ4v) is 1.94. The first kappa shape index (κ1) is 6.62. The Hall–Kier alpha value is -0.0800. The molecule has 1 saturated carbocycles. The largest absolute Gasteiger partial charge is 0.378 e. The highest BCUT2D eigenvalue weighted by Gasteiger charge is 2.43. The van der Waals surface area contributed by atoms with Crippen LogP contribution in [0.3, 0.4) is 0 Å². The number of hydrogen-bond donors (Lipinski definition) is 1. The molecule has 1 aliphatic carbocycles. The van der Waals surface area contributed by atoms with E-state index in [1.165, 1.54) is 19.3 Å². The van der Waals surface area contributed by atoms with Gasteiger partial charge in [0.25, 0.3) is 0 Å². The third-order valence-electron chi connectivity index (χ3n) is 2.72. The van der Waals surface area contributed by atoms with Crippen LogP contribution in [0.1, 0.15) is 19.3 Å². The van der Waals surface area contributed by atoms with Crippen LogP contribution in [-0.4, -0.2) is 19.3 Å². The van der Waals surface area contributed by atoms with E-state index in [0.29, 0.717) is 6.10 Å². The average Bonchev–Trinajstić information content (AvgIpc) is 2.56. The summed E-state index contributed by atoms with van der Waals surface area (Å²) < 4.78 is 5.55. The number of nitrogens with two attached hydrogens (primary N) is 1. The highest BCUT2D eigenvalue weighted by Crippen LogP contribution is 2.44. The molecule has 0 spiro atoms. The Balaban J connectivity index is 1.79. The molecule has 2 aliphatic rings. The molecule has 0 aromatic heterocycles. The number of rotatable bonds is 2. The zero-order valence-electron chi connectivity index (χ0n) is 6.25. The van der Waals surface area contributed by atoms with Gasteiger partial charge in [-0.1, -0.05) is 0 Å². The molecule has 3 atom stereocenters. The molecule has 10 heavy (non-hydrogen) atoms. The first-order valence-corrected chi connectivity index (χ1v) is 4.23. The van der Waals surface area contributed by atoms with Crippen LogP contribution < -0.4 is 5.73 Å². The Morgan fingerprint density at radius 1 is 1.50 bits per heavy atom. The van der Waals surface area contributed by atoms with Gasteiger partial charge in [0.2, 0.25) is 0 Å². The lowest BCUT2D eigenvalue weighted by Gasteiger charge is -2.06. The standard InChI is InChI=1S/C8H15NO/c9-5-6-4-7(6)8-2-1-3-10-8/h6-8H,1-5,9H2/t6-,7-,8-/m0/s1. The average molecular weight is 141 g/mol. The van der Waals surface area contributed by atoms with Gasteiger partial charge >= 0.3 is 0 Å². The number of hydrogen-bond acceptors (Lipinski definition) is 2. The summed E-state index contributed by atoms with van der Waals surface area (Å²) in [5, 5.41) is 0. The van der Waals surface area contributed by atoms with Gasteiger partial charge in [-0.3, -0.25) is 0 Å². The van der Waals surface area contributed by atoms with E-state index in [2.05, 4.69) is 0 Å². The summed E-state index contributed by atoms with van der Waals surface area (Å²) in [5.74, 6) is 1.62. The van der Waals surface area contributed by atoms with Crippen LogP contribution >= 0.6 is 0 Å². The molecular weight excluding hydrogens is 126 g/mol. The molecule has 0 bridgehead atoms. The molecule has 2 N–H and O–H groups in total. The maximum atomic E-state index is 5.55. The SMILES string of the molecule is NC[C@@H]1C[C@@H]1[C@@H]1CCCO1. The molecule has 2 heteroatoms. The highest BCUT2D eigenvalue weighted by atomic mass is 16.5. The summed E-state index contributed by atoms with van der Waals surface area (Å²) in [7, 11) is 0. The molecule has 0 amide bonds. The van der Waals surface area contributed by atoms with E-state index in [0.717, 1.165) is 25.0 Å². The maximum Gasteiger partial charge on any atom is 0.0607 e. The minimum Gasteiger partial charge on any atom is -0.378 e. The van der Waals surface area contributed by atoms with Gasteiger partial charge in [-0.05, 0) is 37.6 Å². The molecule has 1 saturated heterocycles. The molecule has 2 fully saturated rings. The predicted molar refractivity (Wildman–Crippen MR) is 39.6 cm³/mol. The molecule has 0 aromatic carbocycles. The summed E-state index contributed by atoms with van der Waals surface area (Å²) in [6.45, 7) is 1.85. The summed E-state index contributed by atoms with van der Waals surface area (Å²) in [4.78, 5) is 0. The van der Waals surface area contributed by atoms with Crippen molar-refractivity contribution in [3.05, 3.63) is 0 Å². The van der Waals surface area contributed by atoms with Gasteiger partial charge in [0.05, 0.1) is 6.10 Å². The molecule has 58 valence electrons. The lowest BCUT2D eigenvalue weighted by molar-refractivity contribution is 0.0900. The van der Waals surface area contributed by atoms with Crippen LogP contribution in [0.2, 0.25) is 0 Å². The predicted octanol–water partition coefficient (Wildman–Crippen LogP) is 0.760. The van der Waals surface area contributed by atoms with Crippen molar-refractivity contribution >= 4 is 0 Å². The van der Waals surface area contributed by atoms with Gasteiger partial charge in [-0.2, -0.15) is 0 Å². The smallest absolute Gasteiger partial charge is 0.0607 e. The normalized spacial score (nSPS) is 45.9. The first-order valence-electron chi connectivity index (χ1n) is 4.23. The Morgan fingerprint density at radius 3 is 2.90 bits per heavy atom. The Labute approximate surface area is 61.7 Å². The molecular formula is C8H15NO. The van der Waals surface area contributed by atoms with Crippen LogP contribution in [0, 0.1) is 11.8 Å². The van der Waals surface area contributed by atoms with Crippen LogP contribution in [0.4, 0.5) is 0 Å². The van der Waals surface area contributed by atoms with Gasteiger partial charge < -0.3 is 10.5 Å². The van der Waals surface area contributed by atoms with Crippen molar-refractivity contribution < 1.29 is 4.74 Å². The Morgan fingerprint density at radius 2 is 2.40 bits per heavy atom. The molecule has 2 rings (SSSR count). The molecule has 2 nitrogen and oxygen atoms in total. The minimum atomic E-state index is 0.577. The fraction of sp³-hybridized carbons (Fsp3) is 1.00. The van der Waals surface area contributed by atoms with E-state index in [4.69, 9.17) is 10.5 Å². The molecule has 1 heterocycles. The quantitative estimate of drug-likeness (QED) is 0.616. The van der Waals surface area contributed by atoms with E-state index >= 15 is 0 Å². The Kier molecular flexibility index (Phi) is 1.66. The Bertz CT molecular complexity index is 120. The van der Waals surface area contributed by atoms with E-state index in [-0.39, 0.29) is 0 Å². The third kappa shape index (κ3) is 1.06. The lowest BCUT2D eigenvalue weighted by atomic mass is 10.1. The first-order chi connectivity index (χ1) is 4.92. The topological polar surface area (TPSA) is 35.2 Å². The van der Waals surface area contributed by atoms with Crippen molar-refractivity contribution in [2.75, 3.05) is 13.2 Å². The lowest BCUT2D eigenvalue weighted by Crippen LogP contribution is -2.12. The fourth-order valence-electron chi connectivity index (χ4n) is 1.94. The monoisotopic (exact) mass is 141 g/mol. The van der Waals surface area contributed by atoms with Crippen LogP contribution in [0.5, 0.6) is 0 Å². The second-order valence-electron chi connectivity index (χ2n) is 3.45. The van der Waals surface area contributed by atoms with Crippen molar-refractivity contribution in [3.8, 4) is 0 Å². The maximum absolute atomic E-state index is 5.55. The van der Waals surface area contributed by atoms with Crippen LogP contribution in [0.25, 0.3) is 0 Å². The van der Waals surface area contributed by atoms with E-state index in [9.17, 15) is 0 Å². The van der Waals surface area contributed by atoms with Crippen molar-refractivity contribution in [2.45, 2.75) is 25.4 Å². The van der Waals surface area contributed by atoms with E-state index in [1.54, 1.807) is 0 Å². The van der Waals surface area contributed by atoms with E-state index < -0.39 is 0 Å². The van der Waals surface area contributed by atoms with Crippen molar-refractivity contribution in [3.63, 3.8) is 0 Å². The van der Waals surface area contributed by atoms with E-state index in [1.807, 2.05) is 0 Å². The van der Waals surface area contributed by atoms with Gasteiger partial charge in [0, 0.05) is 6.61 Å². The van der Waals surface area contributed by atoms with Gasteiger partial charge in [-0.25, -0.2) is 0 Å². The molecule has 0 unspecified atom stereocenters. The zero-order valence-corrected chi connectivity index (χ0v) is 6.25. The summed E-state index contributed by atoms with van der Waals surface area (Å²) in [5.41, 5.74) is 5.54. The van der Waals surface area contributed by atoms with Gasteiger partial charge in [0.15, 0.2) is 0 Å². The van der Waals surface area contributed by atoms with Crippen LogP contribution in [-0.2, 0) is 4.74 Å². The minimum absolute atomic E-state index is 0.577. The third-order valence-corrected chi connectivity index (χ3v) is 2.72. The van der Waals surface area contributed by atoms with Crippen molar-refractivity contribution in [1.82, 2.24) is 0 Å². The highest BCUT2D eigenvalue weighted by molar-refractivity contribution is 4.93. The van der Waals surface area contributed by atoms with Crippen molar-refractivity contribution in [2.24, 2.45) is 17.6 Å². The molecule has 0 aromatic rings. The van der Waals surface area contributed by atoms with Gasteiger partial charge in [-0.15, -0.1) is 0 Å².